The van der Waals surface area contributed by atoms with Gasteiger partial charge in [-0.15, -0.1) is 0 Å². The predicted octanol–water partition coefficient (Wildman–Crippen LogP) is 3.75. The molecule has 2 aromatic rings. The quantitative estimate of drug-likeness (QED) is 0.668. The van der Waals surface area contributed by atoms with Gasteiger partial charge in [0.2, 0.25) is 0 Å². The summed E-state index contributed by atoms with van der Waals surface area (Å²) in [4.78, 5) is 4.48. The third-order valence-electron chi connectivity index (χ3n) is 3.26. The predicted molar refractivity (Wildman–Crippen MR) is 83.9 cm³/mol. The lowest BCUT2D eigenvalue weighted by atomic mass is 9.99. The Morgan fingerprint density at radius 2 is 1.90 bits per heavy atom. The van der Waals surface area contributed by atoms with E-state index in [0.29, 0.717) is 16.5 Å². The summed E-state index contributed by atoms with van der Waals surface area (Å²) in [5, 5.41) is 1.28. The molecule has 0 saturated carbocycles. The van der Waals surface area contributed by atoms with Crippen LogP contribution in [-0.2, 0) is 6.42 Å². The lowest BCUT2D eigenvalue weighted by molar-refractivity contribution is 0.535. The Labute approximate surface area is 129 Å². The van der Waals surface area contributed by atoms with Crippen LogP contribution >= 0.6 is 23.2 Å². The Bertz CT molecular complexity index is 594. The molecule has 1 aromatic heterocycles. The molecule has 0 bridgehead atoms. The van der Waals surface area contributed by atoms with Crippen molar-refractivity contribution >= 4 is 23.2 Å². The summed E-state index contributed by atoms with van der Waals surface area (Å²) in [6, 6.07) is 7.43. The minimum atomic E-state index is -0.131. The standard InChI is InChI=1S/C15H17Cl2N3/c1-9-6-10(2)15(19-8-9)14(20-18)7-11-12(16)4-3-5-13(11)17/h3-6,8,14,20H,7,18H2,1-2H3. The highest BCUT2D eigenvalue weighted by atomic mass is 35.5. The Morgan fingerprint density at radius 1 is 1.25 bits per heavy atom. The van der Waals surface area contributed by atoms with E-state index in [2.05, 4.69) is 16.5 Å². The zero-order valence-corrected chi connectivity index (χ0v) is 13.0. The van der Waals surface area contributed by atoms with Crippen LogP contribution in [0.25, 0.3) is 0 Å². The summed E-state index contributed by atoms with van der Waals surface area (Å²) in [6.45, 7) is 4.04. The maximum Gasteiger partial charge on any atom is 0.0676 e. The van der Waals surface area contributed by atoms with Crippen molar-refractivity contribution in [3.63, 3.8) is 0 Å². The van der Waals surface area contributed by atoms with Crippen molar-refractivity contribution in [3.8, 4) is 0 Å². The van der Waals surface area contributed by atoms with E-state index in [4.69, 9.17) is 29.0 Å². The molecule has 20 heavy (non-hydrogen) atoms. The molecule has 0 amide bonds. The first-order valence-corrected chi connectivity index (χ1v) is 7.10. The summed E-state index contributed by atoms with van der Waals surface area (Å²) in [6.07, 6.45) is 2.42. The second-order valence-electron chi connectivity index (χ2n) is 4.84. The van der Waals surface area contributed by atoms with E-state index in [9.17, 15) is 0 Å². The first-order chi connectivity index (χ1) is 9.52. The fourth-order valence-electron chi connectivity index (χ4n) is 2.26. The minimum Gasteiger partial charge on any atom is -0.271 e. The first-order valence-electron chi connectivity index (χ1n) is 6.35. The topological polar surface area (TPSA) is 50.9 Å². The van der Waals surface area contributed by atoms with Crippen LogP contribution in [0, 0.1) is 13.8 Å². The van der Waals surface area contributed by atoms with Crippen molar-refractivity contribution in [2.45, 2.75) is 26.3 Å². The molecular weight excluding hydrogens is 293 g/mol. The monoisotopic (exact) mass is 309 g/mol. The van der Waals surface area contributed by atoms with Gasteiger partial charge in [0.15, 0.2) is 0 Å². The molecule has 3 nitrogen and oxygen atoms in total. The van der Waals surface area contributed by atoms with Crippen LogP contribution in [0.5, 0.6) is 0 Å². The van der Waals surface area contributed by atoms with Crippen molar-refractivity contribution in [2.75, 3.05) is 0 Å². The molecule has 3 N–H and O–H groups in total. The molecule has 1 heterocycles. The van der Waals surface area contributed by atoms with Crippen molar-refractivity contribution in [1.82, 2.24) is 10.4 Å². The SMILES string of the molecule is Cc1cnc(C(Cc2c(Cl)cccc2Cl)NN)c(C)c1. The summed E-state index contributed by atoms with van der Waals surface area (Å²) in [5.41, 5.74) is 6.81. The highest BCUT2D eigenvalue weighted by molar-refractivity contribution is 6.36. The van der Waals surface area contributed by atoms with Gasteiger partial charge in [-0.1, -0.05) is 35.3 Å². The number of halogens is 2. The zero-order chi connectivity index (χ0) is 14.7. The van der Waals surface area contributed by atoms with Crippen LogP contribution in [0.1, 0.15) is 28.4 Å². The van der Waals surface area contributed by atoms with Gasteiger partial charge in [-0.3, -0.25) is 16.3 Å². The molecule has 0 radical (unpaired) electrons. The number of benzene rings is 1. The highest BCUT2D eigenvalue weighted by Gasteiger charge is 2.17. The highest BCUT2D eigenvalue weighted by Crippen LogP contribution is 2.29. The number of hydrazine groups is 1. The van der Waals surface area contributed by atoms with Gasteiger partial charge in [-0.05, 0) is 49.1 Å². The fraction of sp³-hybridized carbons (Fsp3) is 0.267. The molecule has 0 fully saturated rings. The van der Waals surface area contributed by atoms with Gasteiger partial charge in [0.1, 0.15) is 0 Å². The lowest BCUT2D eigenvalue weighted by Crippen LogP contribution is -2.31. The van der Waals surface area contributed by atoms with E-state index >= 15 is 0 Å². The Balaban J connectivity index is 2.34. The largest absolute Gasteiger partial charge is 0.271 e. The Morgan fingerprint density at radius 3 is 2.45 bits per heavy atom. The van der Waals surface area contributed by atoms with Crippen LogP contribution in [0.3, 0.4) is 0 Å². The van der Waals surface area contributed by atoms with Crippen LogP contribution in [0.4, 0.5) is 0 Å². The van der Waals surface area contributed by atoms with Gasteiger partial charge in [-0.25, -0.2) is 0 Å². The van der Waals surface area contributed by atoms with E-state index in [1.165, 1.54) is 0 Å². The van der Waals surface area contributed by atoms with Crippen LogP contribution < -0.4 is 11.3 Å². The first kappa shape index (κ1) is 15.3. The van der Waals surface area contributed by atoms with E-state index in [0.717, 1.165) is 22.4 Å². The molecule has 1 aromatic carbocycles. The number of hydrogen-bond donors (Lipinski definition) is 2. The summed E-state index contributed by atoms with van der Waals surface area (Å²) in [5.74, 6) is 5.68. The molecule has 1 unspecified atom stereocenters. The number of rotatable bonds is 4. The van der Waals surface area contributed by atoms with Crippen molar-refractivity contribution in [2.24, 2.45) is 5.84 Å². The van der Waals surface area contributed by atoms with Gasteiger partial charge in [0.05, 0.1) is 11.7 Å². The van der Waals surface area contributed by atoms with Crippen molar-refractivity contribution < 1.29 is 0 Å². The fourth-order valence-corrected chi connectivity index (χ4v) is 2.81. The third-order valence-corrected chi connectivity index (χ3v) is 3.96. The smallest absolute Gasteiger partial charge is 0.0676 e. The molecular formula is C15H17Cl2N3. The second-order valence-corrected chi connectivity index (χ2v) is 5.65. The van der Waals surface area contributed by atoms with E-state index in [1.807, 2.05) is 38.2 Å². The maximum absolute atomic E-state index is 6.21. The number of aryl methyl sites for hydroxylation is 2. The Kier molecular flexibility index (Phi) is 5.00. The number of nitrogens with two attached hydrogens (primary N) is 1. The van der Waals surface area contributed by atoms with E-state index in [1.54, 1.807) is 0 Å². The van der Waals surface area contributed by atoms with Crippen LogP contribution in [-0.4, -0.2) is 4.98 Å². The van der Waals surface area contributed by atoms with Gasteiger partial charge in [0, 0.05) is 16.2 Å². The molecule has 5 heteroatoms. The average Bonchev–Trinajstić information content (AvgIpc) is 2.40. The molecule has 0 aliphatic carbocycles. The van der Waals surface area contributed by atoms with Crippen molar-refractivity contribution in [3.05, 3.63) is 62.9 Å². The Hall–Kier alpha value is -1.13. The lowest BCUT2D eigenvalue weighted by Gasteiger charge is -2.19. The number of hydrogen-bond acceptors (Lipinski definition) is 3. The minimum absolute atomic E-state index is 0.131. The number of pyridine rings is 1. The number of nitrogens with one attached hydrogen (secondary N) is 1. The van der Waals surface area contributed by atoms with Crippen molar-refractivity contribution in [1.29, 1.82) is 0 Å². The molecule has 2 rings (SSSR count). The number of aromatic nitrogens is 1. The molecule has 106 valence electrons. The van der Waals surface area contributed by atoms with E-state index in [-0.39, 0.29) is 6.04 Å². The third kappa shape index (κ3) is 3.30. The van der Waals surface area contributed by atoms with Gasteiger partial charge in [0.25, 0.3) is 0 Å². The van der Waals surface area contributed by atoms with Crippen LogP contribution in [0.15, 0.2) is 30.5 Å². The second kappa shape index (κ2) is 6.55. The summed E-state index contributed by atoms with van der Waals surface area (Å²) in [7, 11) is 0. The zero-order valence-electron chi connectivity index (χ0n) is 11.5. The molecule has 0 aliphatic heterocycles. The summed E-state index contributed by atoms with van der Waals surface area (Å²) < 4.78 is 0. The van der Waals surface area contributed by atoms with Gasteiger partial charge >= 0.3 is 0 Å². The van der Waals surface area contributed by atoms with Gasteiger partial charge < -0.3 is 0 Å². The average molecular weight is 310 g/mol. The molecule has 0 spiro atoms. The molecule has 1 atom stereocenters. The molecule has 0 saturated heterocycles. The van der Waals surface area contributed by atoms with E-state index < -0.39 is 0 Å². The van der Waals surface area contributed by atoms with Crippen LogP contribution in [0.2, 0.25) is 10.0 Å². The summed E-state index contributed by atoms with van der Waals surface area (Å²) >= 11 is 12.4. The normalized spacial score (nSPS) is 12.4. The maximum atomic E-state index is 6.21. The van der Waals surface area contributed by atoms with Gasteiger partial charge in [-0.2, -0.15) is 0 Å². The molecule has 0 aliphatic rings. The number of nitrogens with zero attached hydrogens (tertiary/aromatic N) is 1.